The van der Waals surface area contributed by atoms with Crippen LogP contribution in [0.25, 0.3) is 11.1 Å². The predicted molar refractivity (Wildman–Crippen MR) is 71.6 cm³/mol. The fraction of sp³-hybridized carbons (Fsp3) is 0.385. The standard InChI is InChI=1S/C13H16N2O4/c1-14(7-3-4-12(16)17)9-5-6-10-11(8-9)19-13(18)15(10)2/h5-6,8H,3-4,7H2,1-2H3,(H,16,17). The fourth-order valence-electron chi connectivity index (χ4n) is 1.96. The molecule has 6 nitrogen and oxygen atoms in total. The average molecular weight is 264 g/mol. The number of benzene rings is 1. The summed E-state index contributed by atoms with van der Waals surface area (Å²) in [5.74, 6) is -1.18. The molecule has 2 rings (SSSR count). The van der Waals surface area contributed by atoms with Crippen molar-refractivity contribution >= 4 is 22.8 Å². The van der Waals surface area contributed by atoms with E-state index in [9.17, 15) is 9.59 Å². The lowest BCUT2D eigenvalue weighted by Crippen LogP contribution is -2.19. The van der Waals surface area contributed by atoms with Crippen LogP contribution < -0.4 is 10.7 Å². The molecule has 0 bridgehead atoms. The van der Waals surface area contributed by atoms with E-state index in [0.29, 0.717) is 18.5 Å². The number of anilines is 1. The number of aromatic nitrogens is 1. The normalized spacial score (nSPS) is 10.8. The van der Waals surface area contributed by atoms with E-state index in [-0.39, 0.29) is 12.2 Å². The van der Waals surface area contributed by atoms with Gasteiger partial charge in [-0.15, -0.1) is 0 Å². The number of nitrogens with zero attached hydrogens (tertiary/aromatic N) is 2. The number of rotatable bonds is 5. The lowest BCUT2D eigenvalue weighted by Gasteiger charge is -2.18. The van der Waals surface area contributed by atoms with Crippen LogP contribution in [0, 0.1) is 0 Å². The Morgan fingerprint density at radius 2 is 2.21 bits per heavy atom. The van der Waals surface area contributed by atoms with Crippen LogP contribution in [0.2, 0.25) is 0 Å². The van der Waals surface area contributed by atoms with Crippen molar-refractivity contribution in [1.82, 2.24) is 4.57 Å². The maximum absolute atomic E-state index is 11.4. The van der Waals surface area contributed by atoms with Gasteiger partial charge in [-0.25, -0.2) is 4.79 Å². The smallest absolute Gasteiger partial charge is 0.419 e. The van der Waals surface area contributed by atoms with Gasteiger partial charge in [-0.2, -0.15) is 0 Å². The minimum absolute atomic E-state index is 0.146. The average Bonchev–Trinajstić information content (AvgIpc) is 2.64. The molecular formula is C13H16N2O4. The molecule has 6 heteroatoms. The van der Waals surface area contributed by atoms with Crippen LogP contribution in [0.3, 0.4) is 0 Å². The molecule has 0 atom stereocenters. The minimum Gasteiger partial charge on any atom is -0.481 e. The quantitative estimate of drug-likeness (QED) is 0.884. The molecule has 0 aliphatic carbocycles. The molecule has 2 aromatic rings. The highest BCUT2D eigenvalue weighted by atomic mass is 16.4. The monoisotopic (exact) mass is 264 g/mol. The van der Waals surface area contributed by atoms with Crippen molar-refractivity contribution in [1.29, 1.82) is 0 Å². The first-order valence-electron chi connectivity index (χ1n) is 6.01. The topological polar surface area (TPSA) is 75.7 Å². The van der Waals surface area contributed by atoms with Crippen molar-refractivity contribution in [3.05, 3.63) is 28.7 Å². The molecular weight excluding hydrogens is 248 g/mol. The van der Waals surface area contributed by atoms with Crippen molar-refractivity contribution in [2.75, 3.05) is 18.5 Å². The zero-order chi connectivity index (χ0) is 14.0. The molecule has 0 saturated carbocycles. The summed E-state index contributed by atoms with van der Waals surface area (Å²) >= 11 is 0. The molecule has 1 aromatic heterocycles. The van der Waals surface area contributed by atoms with Crippen LogP contribution in [-0.2, 0) is 11.8 Å². The first-order valence-corrected chi connectivity index (χ1v) is 6.01. The van der Waals surface area contributed by atoms with Crippen molar-refractivity contribution in [3.8, 4) is 0 Å². The zero-order valence-electron chi connectivity index (χ0n) is 10.9. The Bertz CT molecular complexity index is 656. The number of fused-ring (bicyclic) bond motifs is 1. The van der Waals surface area contributed by atoms with Gasteiger partial charge in [-0.1, -0.05) is 0 Å². The third-order valence-corrected chi connectivity index (χ3v) is 3.10. The molecule has 1 aromatic carbocycles. The van der Waals surface area contributed by atoms with Crippen LogP contribution in [0.15, 0.2) is 27.4 Å². The second-order valence-electron chi connectivity index (χ2n) is 4.50. The predicted octanol–water partition coefficient (Wildman–Crippen LogP) is 1.43. The van der Waals surface area contributed by atoms with Gasteiger partial charge < -0.3 is 14.4 Å². The van der Waals surface area contributed by atoms with Gasteiger partial charge in [-0.3, -0.25) is 9.36 Å². The Morgan fingerprint density at radius 1 is 1.47 bits per heavy atom. The maximum atomic E-state index is 11.4. The third-order valence-electron chi connectivity index (χ3n) is 3.10. The van der Waals surface area contributed by atoms with E-state index < -0.39 is 5.97 Å². The summed E-state index contributed by atoms with van der Waals surface area (Å²) in [7, 11) is 3.54. The van der Waals surface area contributed by atoms with E-state index in [1.165, 1.54) is 4.57 Å². The van der Waals surface area contributed by atoms with E-state index in [4.69, 9.17) is 9.52 Å². The van der Waals surface area contributed by atoms with Gasteiger partial charge in [0.05, 0.1) is 5.52 Å². The second kappa shape index (κ2) is 5.17. The summed E-state index contributed by atoms with van der Waals surface area (Å²) in [6.45, 7) is 0.634. The van der Waals surface area contributed by atoms with Crippen LogP contribution in [0.5, 0.6) is 0 Å². The summed E-state index contributed by atoms with van der Waals surface area (Å²) < 4.78 is 6.57. The van der Waals surface area contributed by atoms with Gasteiger partial charge >= 0.3 is 11.7 Å². The highest BCUT2D eigenvalue weighted by Gasteiger charge is 2.09. The zero-order valence-corrected chi connectivity index (χ0v) is 10.9. The molecule has 0 saturated heterocycles. The molecule has 102 valence electrons. The van der Waals surface area contributed by atoms with Crippen LogP contribution in [0.1, 0.15) is 12.8 Å². The Labute approximate surface area is 109 Å². The first kappa shape index (κ1) is 13.2. The van der Waals surface area contributed by atoms with Gasteiger partial charge in [0.2, 0.25) is 0 Å². The number of carboxylic acid groups (broad SMARTS) is 1. The highest BCUT2D eigenvalue weighted by Crippen LogP contribution is 2.20. The number of hydrogen-bond acceptors (Lipinski definition) is 4. The molecule has 0 fully saturated rings. The van der Waals surface area contributed by atoms with Crippen molar-refractivity contribution in [2.45, 2.75) is 12.8 Å². The minimum atomic E-state index is -0.794. The number of aryl methyl sites for hydroxylation is 1. The number of hydrogen-bond donors (Lipinski definition) is 1. The summed E-state index contributed by atoms with van der Waals surface area (Å²) in [5.41, 5.74) is 2.18. The molecule has 0 amide bonds. The fourth-order valence-corrected chi connectivity index (χ4v) is 1.96. The maximum Gasteiger partial charge on any atom is 0.419 e. The SMILES string of the molecule is CN(CCCC(=O)O)c1ccc2c(c1)oc(=O)n2C. The van der Waals surface area contributed by atoms with E-state index in [1.807, 2.05) is 24.1 Å². The summed E-state index contributed by atoms with van der Waals surface area (Å²) in [5, 5.41) is 8.60. The molecule has 0 unspecified atom stereocenters. The Balaban J connectivity index is 2.16. The first-order chi connectivity index (χ1) is 8.99. The number of aliphatic carboxylic acids is 1. The van der Waals surface area contributed by atoms with Crippen molar-refractivity contribution in [2.24, 2.45) is 7.05 Å². The molecule has 0 aliphatic rings. The van der Waals surface area contributed by atoms with Crippen LogP contribution in [0.4, 0.5) is 5.69 Å². The van der Waals surface area contributed by atoms with Crippen molar-refractivity contribution < 1.29 is 14.3 Å². The second-order valence-corrected chi connectivity index (χ2v) is 4.50. The number of carboxylic acids is 1. The number of carbonyl (C=O) groups is 1. The van der Waals surface area contributed by atoms with Crippen molar-refractivity contribution in [3.63, 3.8) is 0 Å². The van der Waals surface area contributed by atoms with Gasteiger partial charge in [0.25, 0.3) is 0 Å². The van der Waals surface area contributed by atoms with Gasteiger partial charge in [0, 0.05) is 38.8 Å². The lowest BCUT2D eigenvalue weighted by atomic mass is 10.2. The van der Waals surface area contributed by atoms with E-state index >= 15 is 0 Å². The van der Waals surface area contributed by atoms with E-state index in [1.54, 1.807) is 13.1 Å². The Kier molecular flexibility index (Phi) is 3.59. The molecule has 0 aliphatic heterocycles. The third kappa shape index (κ3) is 2.78. The molecule has 0 radical (unpaired) electrons. The van der Waals surface area contributed by atoms with Gasteiger partial charge in [-0.05, 0) is 18.6 Å². The van der Waals surface area contributed by atoms with Crippen LogP contribution in [-0.4, -0.2) is 29.2 Å². The Hall–Kier alpha value is -2.24. The van der Waals surface area contributed by atoms with Gasteiger partial charge in [0.15, 0.2) is 5.58 Å². The molecule has 1 heterocycles. The summed E-state index contributed by atoms with van der Waals surface area (Å²) in [6, 6.07) is 5.50. The molecule has 0 spiro atoms. The summed E-state index contributed by atoms with van der Waals surface area (Å²) in [6.07, 6.45) is 0.718. The van der Waals surface area contributed by atoms with E-state index in [2.05, 4.69) is 0 Å². The van der Waals surface area contributed by atoms with Gasteiger partial charge in [0.1, 0.15) is 0 Å². The largest absolute Gasteiger partial charge is 0.481 e. The van der Waals surface area contributed by atoms with E-state index in [0.717, 1.165) is 11.2 Å². The Morgan fingerprint density at radius 3 is 2.89 bits per heavy atom. The number of oxazole rings is 1. The molecule has 19 heavy (non-hydrogen) atoms. The molecule has 1 N–H and O–H groups in total. The van der Waals surface area contributed by atoms with Crippen LogP contribution >= 0.6 is 0 Å². The lowest BCUT2D eigenvalue weighted by molar-refractivity contribution is -0.137. The summed E-state index contributed by atoms with van der Waals surface area (Å²) in [4.78, 5) is 23.8. The highest BCUT2D eigenvalue weighted by molar-refractivity contribution is 5.77.